The van der Waals surface area contributed by atoms with Crippen LogP contribution in [-0.4, -0.2) is 6.04 Å². The summed E-state index contributed by atoms with van der Waals surface area (Å²) in [6.45, 7) is 9.28. The van der Waals surface area contributed by atoms with Crippen LogP contribution in [0.25, 0.3) is 0 Å². The molecule has 0 atom stereocenters. The highest BCUT2D eigenvalue weighted by molar-refractivity contribution is 5.41. The molecule has 0 spiro atoms. The zero-order valence-electron chi connectivity index (χ0n) is 12.9. The topological polar surface area (TPSA) is 26.0 Å². The van der Waals surface area contributed by atoms with Crippen molar-refractivity contribution >= 4 is 0 Å². The van der Waals surface area contributed by atoms with E-state index >= 15 is 0 Å². The van der Waals surface area contributed by atoms with Crippen LogP contribution in [-0.2, 0) is 0 Å². The lowest BCUT2D eigenvalue weighted by molar-refractivity contribution is 0.393. The predicted octanol–water partition coefficient (Wildman–Crippen LogP) is 4.92. The second kappa shape index (κ2) is 6.09. The normalized spacial score (nSPS) is 24.2. The molecule has 1 saturated carbocycles. The molecule has 1 heteroatoms. The Labute approximate surface area is 118 Å². The van der Waals surface area contributed by atoms with Crippen molar-refractivity contribution < 1.29 is 0 Å². The van der Waals surface area contributed by atoms with Gasteiger partial charge in [-0.25, -0.2) is 0 Å². The van der Waals surface area contributed by atoms with Crippen LogP contribution in [0.3, 0.4) is 0 Å². The van der Waals surface area contributed by atoms with Crippen LogP contribution in [0, 0.1) is 0 Å². The van der Waals surface area contributed by atoms with Gasteiger partial charge in [0.15, 0.2) is 0 Å². The van der Waals surface area contributed by atoms with Crippen LogP contribution in [0.5, 0.6) is 0 Å². The highest BCUT2D eigenvalue weighted by Gasteiger charge is 2.24. The minimum absolute atomic E-state index is 0.437. The molecule has 0 saturated heterocycles. The summed E-state index contributed by atoms with van der Waals surface area (Å²) in [7, 11) is 0. The predicted molar refractivity (Wildman–Crippen MR) is 83.8 cm³/mol. The molecule has 0 aromatic heterocycles. The van der Waals surface area contributed by atoms with Crippen molar-refractivity contribution in [3.8, 4) is 0 Å². The lowest BCUT2D eigenvalue weighted by atomic mass is 9.76. The quantitative estimate of drug-likeness (QED) is 0.819. The van der Waals surface area contributed by atoms with Crippen molar-refractivity contribution in [1.29, 1.82) is 0 Å². The van der Waals surface area contributed by atoms with Crippen LogP contribution >= 0.6 is 0 Å². The Morgan fingerprint density at radius 1 is 0.947 bits per heavy atom. The zero-order chi connectivity index (χ0) is 14.0. The summed E-state index contributed by atoms with van der Waals surface area (Å²) < 4.78 is 0. The van der Waals surface area contributed by atoms with E-state index in [0.29, 0.717) is 17.9 Å². The second-order valence-corrected chi connectivity index (χ2v) is 6.77. The summed E-state index contributed by atoms with van der Waals surface area (Å²) in [6, 6.07) is 7.37. The minimum atomic E-state index is 0.437. The van der Waals surface area contributed by atoms with E-state index in [4.69, 9.17) is 5.73 Å². The number of benzene rings is 1. The van der Waals surface area contributed by atoms with Crippen molar-refractivity contribution in [2.45, 2.75) is 77.2 Å². The molecule has 0 aliphatic heterocycles. The number of hydrogen-bond acceptors (Lipinski definition) is 1. The van der Waals surface area contributed by atoms with Crippen molar-refractivity contribution in [3.05, 3.63) is 34.9 Å². The maximum atomic E-state index is 6.05. The third-order valence-electron chi connectivity index (χ3n) is 4.58. The van der Waals surface area contributed by atoms with E-state index in [1.807, 2.05) is 0 Å². The van der Waals surface area contributed by atoms with Crippen molar-refractivity contribution in [1.82, 2.24) is 0 Å². The highest BCUT2D eigenvalue weighted by atomic mass is 14.6. The van der Waals surface area contributed by atoms with Gasteiger partial charge in [0.05, 0.1) is 0 Å². The fourth-order valence-electron chi connectivity index (χ4n) is 3.56. The van der Waals surface area contributed by atoms with Crippen LogP contribution < -0.4 is 5.73 Å². The lowest BCUT2D eigenvalue weighted by Crippen LogP contribution is -2.26. The maximum Gasteiger partial charge on any atom is 0.00392 e. The molecule has 1 aliphatic rings. The first-order valence-corrected chi connectivity index (χ1v) is 7.89. The van der Waals surface area contributed by atoms with Gasteiger partial charge in [-0.1, -0.05) is 45.9 Å². The summed E-state index contributed by atoms with van der Waals surface area (Å²) in [4.78, 5) is 0. The number of rotatable bonds is 3. The fraction of sp³-hybridized carbons (Fsp3) is 0.667. The summed E-state index contributed by atoms with van der Waals surface area (Å²) in [5.74, 6) is 1.96. The third-order valence-corrected chi connectivity index (χ3v) is 4.58. The number of nitrogens with two attached hydrogens (primary N) is 1. The van der Waals surface area contributed by atoms with Crippen LogP contribution in [0.4, 0.5) is 0 Å². The fourth-order valence-corrected chi connectivity index (χ4v) is 3.56. The SMILES string of the molecule is CC(C)c1cccc(C2CCC(N)CC2)c1C(C)C. The zero-order valence-corrected chi connectivity index (χ0v) is 12.9. The minimum Gasteiger partial charge on any atom is -0.328 e. The van der Waals surface area contributed by atoms with Crippen LogP contribution in [0.2, 0.25) is 0 Å². The molecule has 1 fully saturated rings. The van der Waals surface area contributed by atoms with Crippen molar-refractivity contribution in [2.24, 2.45) is 5.73 Å². The van der Waals surface area contributed by atoms with Gasteiger partial charge in [-0.3, -0.25) is 0 Å². The van der Waals surface area contributed by atoms with Gasteiger partial charge in [0.25, 0.3) is 0 Å². The molecule has 0 heterocycles. The van der Waals surface area contributed by atoms with Gasteiger partial charge < -0.3 is 5.73 Å². The second-order valence-electron chi connectivity index (χ2n) is 6.77. The molecule has 19 heavy (non-hydrogen) atoms. The van der Waals surface area contributed by atoms with Crippen LogP contribution in [0.1, 0.15) is 87.8 Å². The average molecular weight is 259 g/mol. The smallest absolute Gasteiger partial charge is 0.00392 e. The average Bonchev–Trinajstić information content (AvgIpc) is 2.38. The Bertz CT molecular complexity index is 412. The Morgan fingerprint density at radius 3 is 2.11 bits per heavy atom. The van der Waals surface area contributed by atoms with Gasteiger partial charge >= 0.3 is 0 Å². The van der Waals surface area contributed by atoms with Gasteiger partial charge in [-0.05, 0) is 60.1 Å². The molecule has 2 rings (SSSR count). The molecule has 0 bridgehead atoms. The Morgan fingerprint density at radius 2 is 1.58 bits per heavy atom. The van der Waals surface area contributed by atoms with E-state index in [1.165, 1.54) is 25.7 Å². The Balaban J connectivity index is 2.36. The maximum absolute atomic E-state index is 6.05. The first kappa shape index (κ1) is 14.6. The summed E-state index contributed by atoms with van der Waals surface area (Å²) in [5, 5.41) is 0. The van der Waals surface area contributed by atoms with E-state index in [0.717, 1.165) is 5.92 Å². The standard InChI is InChI=1S/C18H29N/c1-12(2)16-6-5-7-17(18(16)13(3)4)14-8-10-15(19)11-9-14/h5-7,12-15H,8-11,19H2,1-4H3. The molecular weight excluding hydrogens is 230 g/mol. The number of hydrogen-bond donors (Lipinski definition) is 1. The lowest BCUT2D eigenvalue weighted by Gasteiger charge is -2.30. The molecular formula is C18H29N. The summed E-state index contributed by atoms with van der Waals surface area (Å²) in [5.41, 5.74) is 10.8. The monoisotopic (exact) mass is 259 g/mol. The summed E-state index contributed by atoms with van der Waals surface area (Å²) in [6.07, 6.45) is 4.91. The molecule has 0 unspecified atom stereocenters. The first-order valence-electron chi connectivity index (χ1n) is 7.89. The van der Waals surface area contributed by atoms with E-state index in [1.54, 1.807) is 16.7 Å². The van der Waals surface area contributed by atoms with Gasteiger partial charge in [0.1, 0.15) is 0 Å². The molecule has 106 valence electrons. The third kappa shape index (κ3) is 3.20. The first-order chi connectivity index (χ1) is 9.00. The molecule has 1 aromatic rings. The largest absolute Gasteiger partial charge is 0.328 e. The molecule has 1 aromatic carbocycles. The molecule has 2 N–H and O–H groups in total. The van der Waals surface area contributed by atoms with Gasteiger partial charge in [-0.2, -0.15) is 0 Å². The molecule has 1 nitrogen and oxygen atoms in total. The Hall–Kier alpha value is -0.820. The van der Waals surface area contributed by atoms with E-state index in [-0.39, 0.29) is 0 Å². The van der Waals surface area contributed by atoms with Gasteiger partial charge in [-0.15, -0.1) is 0 Å². The highest BCUT2D eigenvalue weighted by Crippen LogP contribution is 2.39. The van der Waals surface area contributed by atoms with E-state index in [2.05, 4.69) is 45.9 Å². The van der Waals surface area contributed by atoms with E-state index < -0.39 is 0 Å². The van der Waals surface area contributed by atoms with E-state index in [9.17, 15) is 0 Å². The molecule has 1 aliphatic carbocycles. The van der Waals surface area contributed by atoms with Gasteiger partial charge in [0.2, 0.25) is 0 Å². The van der Waals surface area contributed by atoms with Crippen molar-refractivity contribution in [2.75, 3.05) is 0 Å². The molecule has 0 radical (unpaired) electrons. The van der Waals surface area contributed by atoms with Crippen molar-refractivity contribution in [3.63, 3.8) is 0 Å². The van der Waals surface area contributed by atoms with Gasteiger partial charge in [0, 0.05) is 6.04 Å². The molecule has 0 amide bonds. The Kier molecular flexibility index (Phi) is 4.67. The summed E-state index contributed by atoms with van der Waals surface area (Å²) >= 11 is 0. The van der Waals surface area contributed by atoms with Crippen LogP contribution in [0.15, 0.2) is 18.2 Å².